The lowest BCUT2D eigenvalue weighted by atomic mass is 9.92. The topological polar surface area (TPSA) is 41.1 Å². The highest BCUT2D eigenvalue weighted by molar-refractivity contribution is 5.94. The lowest BCUT2D eigenvalue weighted by Crippen LogP contribution is -2.38. The summed E-state index contributed by atoms with van der Waals surface area (Å²) in [6, 6.07) is 5.73. The number of anilines is 1. The fourth-order valence-electron chi connectivity index (χ4n) is 1.36. The van der Waals surface area contributed by atoms with Gasteiger partial charge >= 0.3 is 0 Å². The molecule has 0 spiro atoms. The van der Waals surface area contributed by atoms with E-state index in [2.05, 4.69) is 10.6 Å². The zero-order valence-electron chi connectivity index (χ0n) is 9.80. The van der Waals surface area contributed by atoms with E-state index in [0.29, 0.717) is 12.2 Å². The van der Waals surface area contributed by atoms with Gasteiger partial charge in [0, 0.05) is 12.2 Å². The number of carbonyl (C=O) groups is 1. The molecule has 1 rings (SSSR count). The molecule has 0 aliphatic heterocycles. The molecule has 0 radical (unpaired) electrons. The van der Waals surface area contributed by atoms with Crippen LogP contribution in [0.1, 0.15) is 13.8 Å². The minimum Gasteiger partial charge on any atom is -0.326 e. The van der Waals surface area contributed by atoms with Crippen molar-refractivity contribution in [2.24, 2.45) is 5.41 Å². The second-order valence-electron chi connectivity index (χ2n) is 4.38. The molecule has 1 aromatic rings. The lowest BCUT2D eigenvalue weighted by molar-refractivity contribution is -0.123. The number of nitrogens with one attached hydrogen (secondary N) is 2. The Kier molecular flexibility index (Phi) is 4.01. The van der Waals surface area contributed by atoms with Gasteiger partial charge in [0.15, 0.2) is 0 Å². The average Bonchev–Trinajstić information content (AvgIpc) is 2.21. The molecule has 0 saturated carbocycles. The van der Waals surface area contributed by atoms with Crippen molar-refractivity contribution >= 4 is 11.6 Å². The van der Waals surface area contributed by atoms with Crippen molar-refractivity contribution in [2.45, 2.75) is 13.8 Å². The smallest absolute Gasteiger partial charge is 0.231 e. The maximum Gasteiger partial charge on any atom is 0.231 e. The van der Waals surface area contributed by atoms with Gasteiger partial charge in [0.2, 0.25) is 5.91 Å². The molecule has 0 aliphatic rings. The minimum absolute atomic E-state index is 0.0894. The van der Waals surface area contributed by atoms with E-state index in [1.54, 1.807) is 19.2 Å². The lowest BCUT2D eigenvalue weighted by Gasteiger charge is -2.23. The van der Waals surface area contributed by atoms with Gasteiger partial charge in [-0.1, -0.05) is 0 Å². The average molecular weight is 224 g/mol. The highest BCUT2D eigenvalue weighted by Crippen LogP contribution is 2.17. The zero-order chi connectivity index (χ0) is 12.2. The van der Waals surface area contributed by atoms with Crippen LogP contribution in [0.3, 0.4) is 0 Å². The highest BCUT2D eigenvalue weighted by Gasteiger charge is 2.26. The summed E-state index contributed by atoms with van der Waals surface area (Å²) in [5.41, 5.74) is 0.110. The summed E-state index contributed by atoms with van der Waals surface area (Å²) in [6.45, 7) is 4.28. The van der Waals surface area contributed by atoms with Crippen LogP contribution in [0.15, 0.2) is 24.3 Å². The number of hydrogen-bond donors (Lipinski definition) is 2. The molecular weight excluding hydrogens is 207 g/mol. The van der Waals surface area contributed by atoms with E-state index in [0.717, 1.165) is 0 Å². The van der Waals surface area contributed by atoms with Crippen LogP contribution in [0.5, 0.6) is 0 Å². The van der Waals surface area contributed by atoms with Gasteiger partial charge in [0.1, 0.15) is 5.82 Å². The molecule has 0 atom stereocenters. The quantitative estimate of drug-likeness (QED) is 0.821. The van der Waals surface area contributed by atoms with Crippen LogP contribution in [0.4, 0.5) is 10.1 Å². The molecule has 3 nitrogen and oxygen atoms in total. The normalized spacial score (nSPS) is 11.2. The maximum atomic E-state index is 12.7. The molecule has 1 amide bonds. The van der Waals surface area contributed by atoms with E-state index in [4.69, 9.17) is 0 Å². The number of halogens is 1. The first-order valence-electron chi connectivity index (χ1n) is 5.17. The van der Waals surface area contributed by atoms with Crippen molar-refractivity contribution in [3.05, 3.63) is 30.1 Å². The summed E-state index contributed by atoms with van der Waals surface area (Å²) in [5, 5.41) is 5.71. The van der Waals surface area contributed by atoms with Gasteiger partial charge in [-0.05, 0) is 45.2 Å². The van der Waals surface area contributed by atoms with Gasteiger partial charge in [0.25, 0.3) is 0 Å². The van der Waals surface area contributed by atoms with E-state index in [1.165, 1.54) is 12.1 Å². The molecule has 88 valence electrons. The van der Waals surface area contributed by atoms with Gasteiger partial charge in [-0.15, -0.1) is 0 Å². The molecule has 4 heteroatoms. The molecule has 2 N–H and O–H groups in total. The molecule has 0 fully saturated rings. The Morgan fingerprint density at radius 2 is 1.88 bits per heavy atom. The van der Waals surface area contributed by atoms with Crippen LogP contribution in [0.2, 0.25) is 0 Å². The fraction of sp³-hybridized carbons (Fsp3) is 0.417. The first-order valence-corrected chi connectivity index (χ1v) is 5.17. The van der Waals surface area contributed by atoms with Crippen LogP contribution >= 0.6 is 0 Å². The number of hydrogen-bond acceptors (Lipinski definition) is 2. The number of benzene rings is 1. The van der Waals surface area contributed by atoms with E-state index < -0.39 is 5.41 Å². The minimum atomic E-state index is -0.497. The Hall–Kier alpha value is -1.42. The van der Waals surface area contributed by atoms with Crippen LogP contribution in [0.25, 0.3) is 0 Å². The van der Waals surface area contributed by atoms with Gasteiger partial charge in [-0.25, -0.2) is 4.39 Å². The van der Waals surface area contributed by atoms with Gasteiger partial charge in [0.05, 0.1) is 5.41 Å². The molecule has 0 aromatic heterocycles. The first-order chi connectivity index (χ1) is 7.45. The maximum absolute atomic E-state index is 12.7. The molecule has 0 heterocycles. The van der Waals surface area contributed by atoms with Crippen LogP contribution in [-0.4, -0.2) is 19.5 Å². The Morgan fingerprint density at radius 3 is 2.38 bits per heavy atom. The molecular formula is C12H17FN2O. The van der Waals surface area contributed by atoms with Crippen molar-refractivity contribution in [3.8, 4) is 0 Å². The highest BCUT2D eigenvalue weighted by atomic mass is 19.1. The predicted octanol–water partition coefficient (Wildman–Crippen LogP) is 2.01. The summed E-state index contributed by atoms with van der Waals surface area (Å²) in [4.78, 5) is 11.9. The first kappa shape index (κ1) is 12.6. The van der Waals surface area contributed by atoms with Gasteiger partial charge < -0.3 is 10.6 Å². The summed E-state index contributed by atoms with van der Waals surface area (Å²) >= 11 is 0. The second-order valence-corrected chi connectivity index (χ2v) is 4.38. The standard InChI is InChI=1S/C12H17FN2O/c1-12(2,8-14-3)11(16)15-10-6-4-9(13)5-7-10/h4-7,14H,8H2,1-3H3,(H,15,16). The third-order valence-corrected chi connectivity index (χ3v) is 2.34. The summed E-state index contributed by atoms with van der Waals surface area (Å²) in [7, 11) is 1.80. The Labute approximate surface area is 95.0 Å². The monoisotopic (exact) mass is 224 g/mol. The molecule has 0 saturated heterocycles. The number of amides is 1. The molecule has 16 heavy (non-hydrogen) atoms. The van der Waals surface area contributed by atoms with Crippen molar-refractivity contribution in [2.75, 3.05) is 18.9 Å². The third-order valence-electron chi connectivity index (χ3n) is 2.34. The van der Waals surface area contributed by atoms with Crippen molar-refractivity contribution in [1.29, 1.82) is 0 Å². The fourth-order valence-corrected chi connectivity index (χ4v) is 1.36. The van der Waals surface area contributed by atoms with Crippen molar-refractivity contribution in [3.63, 3.8) is 0 Å². The molecule has 0 unspecified atom stereocenters. The largest absolute Gasteiger partial charge is 0.326 e. The Balaban J connectivity index is 2.67. The van der Waals surface area contributed by atoms with Crippen LogP contribution in [0, 0.1) is 11.2 Å². The van der Waals surface area contributed by atoms with Crippen LogP contribution in [-0.2, 0) is 4.79 Å². The molecule has 0 bridgehead atoms. The van der Waals surface area contributed by atoms with Crippen molar-refractivity contribution in [1.82, 2.24) is 5.32 Å². The summed E-state index contributed by atoms with van der Waals surface area (Å²) in [5.74, 6) is -0.402. The Morgan fingerprint density at radius 1 is 1.31 bits per heavy atom. The zero-order valence-corrected chi connectivity index (χ0v) is 9.80. The number of carbonyl (C=O) groups excluding carboxylic acids is 1. The van der Waals surface area contributed by atoms with E-state index in [9.17, 15) is 9.18 Å². The van der Waals surface area contributed by atoms with Crippen LogP contribution < -0.4 is 10.6 Å². The summed E-state index contributed by atoms with van der Waals surface area (Å²) in [6.07, 6.45) is 0. The SMILES string of the molecule is CNCC(C)(C)C(=O)Nc1ccc(F)cc1. The van der Waals surface area contributed by atoms with E-state index in [1.807, 2.05) is 13.8 Å². The van der Waals surface area contributed by atoms with Gasteiger partial charge in [-0.2, -0.15) is 0 Å². The van der Waals surface area contributed by atoms with E-state index in [-0.39, 0.29) is 11.7 Å². The van der Waals surface area contributed by atoms with Crippen molar-refractivity contribution < 1.29 is 9.18 Å². The number of rotatable bonds is 4. The van der Waals surface area contributed by atoms with Gasteiger partial charge in [-0.3, -0.25) is 4.79 Å². The predicted molar refractivity (Wildman–Crippen MR) is 62.7 cm³/mol. The van der Waals surface area contributed by atoms with E-state index >= 15 is 0 Å². The molecule has 0 aliphatic carbocycles. The third kappa shape index (κ3) is 3.31. The second kappa shape index (κ2) is 5.07. The summed E-state index contributed by atoms with van der Waals surface area (Å²) < 4.78 is 12.7. The molecule has 1 aromatic carbocycles. The Bertz CT molecular complexity index is 360.